The molecule has 1 aromatic rings. The number of nitrogens with one attached hydrogen (secondary N) is 1. The van der Waals surface area contributed by atoms with Crippen LogP contribution in [0.3, 0.4) is 0 Å². The van der Waals surface area contributed by atoms with Crippen molar-refractivity contribution in [3.8, 4) is 0 Å². The monoisotopic (exact) mass is 297 g/mol. The largest absolute Gasteiger partial charge is 0.325 e. The second-order valence-electron chi connectivity index (χ2n) is 5.50. The summed E-state index contributed by atoms with van der Waals surface area (Å²) in [4.78, 5) is 4.26. The molecule has 1 fully saturated rings. The Morgan fingerprint density at radius 1 is 1.35 bits per heavy atom. The minimum absolute atomic E-state index is 0.00771. The van der Waals surface area contributed by atoms with Crippen LogP contribution in [-0.2, 0) is 16.6 Å². The minimum atomic E-state index is -3.54. The van der Waals surface area contributed by atoms with Crippen molar-refractivity contribution in [2.24, 2.45) is 11.7 Å². The standard InChI is InChI=1S/C14H23N3O2S/c1-11-6-3-2-4-7-12(11)17-20(18,19)14-8-5-9-16-13(14)10-15/h5,8-9,11-12,17H,2-4,6-7,10,15H2,1H3. The fourth-order valence-corrected chi connectivity index (χ4v) is 4.33. The summed E-state index contributed by atoms with van der Waals surface area (Å²) >= 11 is 0. The van der Waals surface area contributed by atoms with E-state index >= 15 is 0 Å². The van der Waals surface area contributed by atoms with Gasteiger partial charge in [0, 0.05) is 18.8 Å². The first kappa shape index (κ1) is 15.4. The molecule has 0 radical (unpaired) electrons. The number of sulfonamides is 1. The van der Waals surface area contributed by atoms with Crippen LogP contribution >= 0.6 is 0 Å². The minimum Gasteiger partial charge on any atom is -0.325 e. The van der Waals surface area contributed by atoms with Gasteiger partial charge in [-0.3, -0.25) is 4.98 Å². The SMILES string of the molecule is CC1CCCCCC1NS(=O)(=O)c1cccnc1CN. The first-order chi connectivity index (χ1) is 9.54. The van der Waals surface area contributed by atoms with Crippen molar-refractivity contribution in [2.75, 3.05) is 0 Å². The summed E-state index contributed by atoms with van der Waals surface area (Å²) in [5.74, 6) is 0.366. The Balaban J connectivity index is 2.22. The molecule has 1 aliphatic rings. The van der Waals surface area contributed by atoms with Gasteiger partial charge in [-0.05, 0) is 30.9 Å². The van der Waals surface area contributed by atoms with E-state index in [-0.39, 0.29) is 17.5 Å². The molecular formula is C14H23N3O2S. The Morgan fingerprint density at radius 3 is 2.85 bits per heavy atom. The zero-order chi connectivity index (χ0) is 14.6. The van der Waals surface area contributed by atoms with E-state index < -0.39 is 10.0 Å². The fraction of sp³-hybridized carbons (Fsp3) is 0.643. The Labute approximate surface area is 121 Å². The highest BCUT2D eigenvalue weighted by Crippen LogP contribution is 2.25. The second-order valence-corrected chi connectivity index (χ2v) is 7.18. The van der Waals surface area contributed by atoms with Crippen molar-refractivity contribution >= 4 is 10.0 Å². The van der Waals surface area contributed by atoms with Crippen molar-refractivity contribution in [3.63, 3.8) is 0 Å². The van der Waals surface area contributed by atoms with Crippen molar-refractivity contribution < 1.29 is 8.42 Å². The molecule has 0 amide bonds. The molecule has 0 saturated heterocycles. The molecule has 0 spiro atoms. The van der Waals surface area contributed by atoms with Gasteiger partial charge in [0.2, 0.25) is 10.0 Å². The van der Waals surface area contributed by atoms with Gasteiger partial charge in [0.25, 0.3) is 0 Å². The maximum Gasteiger partial charge on any atom is 0.242 e. The molecule has 3 N–H and O–H groups in total. The average molecular weight is 297 g/mol. The molecule has 5 nitrogen and oxygen atoms in total. The van der Waals surface area contributed by atoms with E-state index in [4.69, 9.17) is 5.73 Å². The molecule has 20 heavy (non-hydrogen) atoms. The predicted molar refractivity (Wildman–Crippen MR) is 78.5 cm³/mol. The average Bonchev–Trinajstić information content (AvgIpc) is 2.64. The number of pyridine rings is 1. The molecule has 0 aliphatic heterocycles. The van der Waals surface area contributed by atoms with E-state index in [1.807, 2.05) is 0 Å². The molecule has 6 heteroatoms. The van der Waals surface area contributed by atoms with Crippen LogP contribution in [0.15, 0.2) is 23.2 Å². The molecule has 0 bridgehead atoms. The first-order valence-corrected chi connectivity index (χ1v) is 8.69. The maximum atomic E-state index is 12.5. The van der Waals surface area contributed by atoms with Crippen LogP contribution in [0.1, 0.15) is 44.7 Å². The Hall–Kier alpha value is -0.980. The number of nitrogens with zero attached hydrogens (tertiary/aromatic N) is 1. The number of aromatic nitrogens is 1. The van der Waals surface area contributed by atoms with E-state index in [2.05, 4.69) is 16.6 Å². The molecular weight excluding hydrogens is 274 g/mol. The van der Waals surface area contributed by atoms with Gasteiger partial charge < -0.3 is 5.73 Å². The van der Waals surface area contributed by atoms with Crippen molar-refractivity contribution in [1.29, 1.82) is 0 Å². The number of hydrogen-bond donors (Lipinski definition) is 2. The van der Waals surface area contributed by atoms with Gasteiger partial charge in [0.05, 0.1) is 5.69 Å². The van der Waals surface area contributed by atoms with Crippen LogP contribution in [0, 0.1) is 5.92 Å². The Morgan fingerprint density at radius 2 is 2.10 bits per heavy atom. The van der Waals surface area contributed by atoms with Crippen LogP contribution < -0.4 is 10.5 Å². The summed E-state index contributed by atoms with van der Waals surface area (Å²) in [6.45, 7) is 2.24. The van der Waals surface area contributed by atoms with Crippen molar-refractivity contribution in [2.45, 2.75) is 56.5 Å². The highest BCUT2D eigenvalue weighted by atomic mass is 32.2. The Bertz CT molecular complexity index is 545. The normalized spacial score (nSPS) is 24.3. The fourth-order valence-electron chi connectivity index (χ4n) is 2.75. The molecule has 1 aliphatic carbocycles. The molecule has 1 heterocycles. The molecule has 2 rings (SSSR count). The molecule has 1 saturated carbocycles. The van der Waals surface area contributed by atoms with E-state index in [9.17, 15) is 8.42 Å². The topological polar surface area (TPSA) is 85.1 Å². The number of rotatable bonds is 4. The van der Waals surface area contributed by atoms with E-state index in [0.29, 0.717) is 11.6 Å². The van der Waals surface area contributed by atoms with E-state index in [1.54, 1.807) is 18.3 Å². The molecule has 2 atom stereocenters. The summed E-state index contributed by atoms with van der Waals surface area (Å²) in [6.07, 6.45) is 6.98. The lowest BCUT2D eigenvalue weighted by molar-refractivity contribution is 0.399. The van der Waals surface area contributed by atoms with Gasteiger partial charge in [-0.25, -0.2) is 13.1 Å². The predicted octanol–water partition coefficient (Wildman–Crippen LogP) is 1.79. The summed E-state index contributed by atoms with van der Waals surface area (Å²) in [5, 5.41) is 0. The van der Waals surface area contributed by atoms with Gasteiger partial charge >= 0.3 is 0 Å². The first-order valence-electron chi connectivity index (χ1n) is 7.21. The number of hydrogen-bond acceptors (Lipinski definition) is 4. The third-order valence-corrected chi connectivity index (χ3v) is 5.56. The van der Waals surface area contributed by atoms with Crippen LogP contribution in [0.4, 0.5) is 0 Å². The molecule has 2 unspecified atom stereocenters. The zero-order valence-electron chi connectivity index (χ0n) is 11.9. The highest BCUT2D eigenvalue weighted by Gasteiger charge is 2.27. The number of nitrogens with two attached hydrogens (primary N) is 1. The summed E-state index contributed by atoms with van der Waals surface area (Å²) in [6, 6.07) is 3.21. The summed E-state index contributed by atoms with van der Waals surface area (Å²) in [5.41, 5.74) is 6.00. The van der Waals surface area contributed by atoms with E-state index in [0.717, 1.165) is 19.3 Å². The maximum absolute atomic E-state index is 12.5. The summed E-state index contributed by atoms with van der Waals surface area (Å²) in [7, 11) is -3.54. The highest BCUT2D eigenvalue weighted by molar-refractivity contribution is 7.89. The van der Waals surface area contributed by atoms with Crippen LogP contribution in [0.25, 0.3) is 0 Å². The van der Waals surface area contributed by atoms with Crippen molar-refractivity contribution in [1.82, 2.24) is 9.71 Å². The van der Waals surface area contributed by atoms with Crippen LogP contribution in [0.2, 0.25) is 0 Å². The second kappa shape index (κ2) is 6.65. The van der Waals surface area contributed by atoms with Gasteiger partial charge in [-0.2, -0.15) is 0 Å². The Kier molecular flexibility index (Phi) is 5.12. The quantitative estimate of drug-likeness (QED) is 0.830. The lowest BCUT2D eigenvalue weighted by atomic mass is 9.98. The van der Waals surface area contributed by atoms with Gasteiger partial charge in [-0.1, -0.05) is 26.2 Å². The zero-order valence-corrected chi connectivity index (χ0v) is 12.7. The lowest BCUT2D eigenvalue weighted by Gasteiger charge is -2.23. The van der Waals surface area contributed by atoms with Crippen molar-refractivity contribution in [3.05, 3.63) is 24.0 Å². The smallest absolute Gasteiger partial charge is 0.242 e. The molecule has 0 aromatic carbocycles. The van der Waals surface area contributed by atoms with Gasteiger partial charge in [0.1, 0.15) is 4.90 Å². The van der Waals surface area contributed by atoms with Crippen LogP contribution in [0.5, 0.6) is 0 Å². The van der Waals surface area contributed by atoms with Crippen LogP contribution in [-0.4, -0.2) is 19.4 Å². The third-order valence-electron chi connectivity index (χ3n) is 4.00. The molecule has 1 aromatic heterocycles. The summed E-state index contributed by atoms with van der Waals surface area (Å²) < 4.78 is 27.9. The van der Waals surface area contributed by atoms with Gasteiger partial charge in [0.15, 0.2) is 0 Å². The van der Waals surface area contributed by atoms with Gasteiger partial charge in [-0.15, -0.1) is 0 Å². The molecule has 112 valence electrons. The lowest BCUT2D eigenvalue weighted by Crippen LogP contribution is -2.39. The van der Waals surface area contributed by atoms with E-state index in [1.165, 1.54) is 12.8 Å². The third kappa shape index (κ3) is 3.56.